The third kappa shape index (κ3) is 4.51. The van der Waals surface area contributed by atoms with E-state index >= 15 is 0 Å². The maximum absolute atomic E-state index is 13.0. The summed E-state index contributed by atoms with van der Waals surface area (Å²) < 4.78 is 13.4. The SMILES string of the molecule is Cc1nnc(NC(=O)CCN2C(=O)/C(=C/c3ccc(F)cc3)SC2=S)s1. The molecule has 1 aliphatic heterocycles. The van der Waals surface area contributed by atoms with Crippen LogP contribution in [0.3, 0.4) is 0 Å². The van der Waals surface area contributed by atoms with Gasteiger partial charge in [-0.15, -0.1) is 10.2 Å². The normalized spacial score (nSPS) is 15.8. The molecule has 0 atom stereocenters. The van der Waals surface area contributed by atoms with Gasteiger partial charge in [-0.3, -0.25) is 14.5 Å². The molecule has 1 aliphatic rings. The van der Waals surface area contributed by atoms with Crippen LogP contribution in [-0.2, 0) is 9.59 Å². The third-order valence-corrected chi connectivity index (χ3v) is 5.51. The maximum atomic E-state index is 13.0. The number of nitrogens with one attached hydrogen (secondary N) is 1. The zero-order valence-electron chi connectivity index (χ0n) is 13.6. The smallest absolute Gasteiger partial charge is 0.266 e. The fourth-order valence-electron chi connectivity index (χ4n) is 2.15. The van der Waals surface area contributed by atoms with Gasteiger partial charge in [0.1, 0.15) is 15.1 Å². The van der Waals surface area contributed by atoms with E-state index in [0.29, 0.717) is 19.9 Å². The highest BCUT2D eigenvalue weighted by atomic mass is 32.2. The Balaban J connectivity index is 1.60. The van der Waals surface area contributed by atoms with E-state index in [2.05, 4.69) is 15.5 Å². The largest absolute Gasteiger partial charge is 0.300 e. The number of thiocarbonyl (C=S) groups is 1. The van der Waals surface area contributed by atoms with Gasteiger partial charge in [-0.1, -0.05) is 47.4 Å². The monoisotopic (exact) mass is 408 g/mol. The minimum atomic E-state index is -0.341. The van der Waals surface area contributed by atoms with Gasteiger partial charge in [0.15, 0.2) is 0 Å². The highest BCUT2D eigenvalue weighted by Gasteiger charge is 2.32. The van der Waals surface area contributed by atoms with Crippen molar-refractivity contribution in [1.29, 1.82) is 0 Å². The van der Waals surface area contributed by atoms with Crippen molar-refractivity contribution in [2.24, 2.45) is 0 Å². The summed E-state index contributed by atoms with van der Waals surface area (Å²) in [4.78, 5) is 26.3. The third-order valence-electron chi connectivity index (χ3n) is 3.38. The minimum absolute atomic E-state index is 0.0922. The summed E-state index contributed by atoms with van der Waals surface area (Å²) in [6.45, 7) is 1.97. The number of hydrogen-bond donors (Lipinski definition) is 1. The standard InChI is InChI=1S/C16H13FN4O2S3/c1-9-19-20-15(25-9)18-13(22)6-7-21-14(23)12(26-16(21)24)8-10-2-4-11(17)5-3-10/h2-5,8H,6-7H2,1H3,(H,18,20,22)/b12-8-. The number of aromatic nitrogens is 2. The zero-order valence-corrected chi connectivity index (χ0v) is 16.0. The van der Waals surface area contributed by atoms with Gasteiger partial charge >= 0.3 is 0 Å². The van der Waals surface area contributed by atoms with E-state index in [1.165, 1.54) is 28.4 Å². The Hall–Kier alpha value is -2.17. The minimum Gasteiger partial charge on any atom is -0.300 e. The van der Waals surface area contributed by atoms with Crippen molar-refractivity contribution in [3.8, 4) is 0 Å². The van der Waals surface area contributed by atoms with Gasteiger partial charge in [0.25, 0.3) is 5.91 Å². The molecule has 134 valence electrons. The van der Waals surface area contributed by atoms with E-state index < -0.39 is 0 Å². The van der Waals surface area contributed by atoms with Crippen LogP contribution in [0.1, 0.15) is 17.0 Å². The first-order valence-corrected chi connectivity index (χ1v) is 9.57. The highest BCUT2D eigenvalue weighted by Crippen LogP contribution is 2.32. The first-order valence-electron chi connectivity index (χ1n) is 7.53. The van der Waals surface area contributed by atoms with Gasteiger partial charge in [-0.25, -0.2) is 4.39 Å². The van der Waals surface area contributed by atoms with Crippen LogP contribution in [0.5, 0.6) is 0 Å². The zero-order chi connectivity index (χ0) is 18.7. The van der Waals surface area contributed by atoms with Crippen molar-refractivity contribution in [2.75, 3.05) is 11.9 Å². The molecule has 0 saturated carbocycles. The number of anilines is 1. The van der Waals surface area contributed by atoms with Crippen LogP contribution in [0.15, 0.2) is 29.2 Å². The second-order valence-electron chi connectivity index (χ2n) is 5.31. The van der Waals surface area contributed by atoms with E-state index in [0.717, 1.165) is 16.8 Å². The molecule has 26 heavy (non-hydrogen) atoms. The fraction of sp³-hybridized carbons (Fsp3) is 0.188. The molecule has 1 aromatic heterocycles. The number of thioether (sulfide) groups is 1. The summed E-state index contributed by atoms with van der Waals surface area (Å²) in [6, 6.07) is 5.82. The van der Waals surface area contributed by atoms with Crippen LogP contribution in [0.2, 0.25) is 0 Å². The van der Waals surface area contributed by atoms with Crippen LogP contribution in [-0.4, -0.2) is 37.8 Å². The summed E-state index contributed by atoms with van der Waals surface area (Å²) >= 11 is 7.67. The van der Waals surface area contributed by atoms with Gasteiger partial charge < -0.3 is 5.32 Å². The molecule has 1 aromatic carbocycles. The van der Waals surface area contributed by atoms with Crippen molar-refractivity contribution in [2.45, 2.75) is 13.3 Å². The molecule has 6 nitrogen and oxygen atoms in total. The van der Waals surface area contributed by atoms with Crippen molar-refractivity contribution < 1.29 is 14.0 Å². The first-order chi connectivity index (χ1) is 12.4. The molecule has 0 bridgehead atoms. The molecule has 1 saturated heterocycles. The summed E-state index contributed by atoms with van der Waals surface area (Å²) in [6.07, 6.45) is 1.75. The molecule has 0 aliphatic carbocycles. The van der Waals surface area contributed by atoms with Crippen LogP contribution >= 0.6 is 35.3 Å². The molecular weight excluding hydrogens is 395 g/mol. The first kappa shape index (κ1) is 18.6. The molecule has 1 fully saturated rings. The Labute approximate surface area is 162 Å². The molecule has 2 amide bonds. The lowest BCUT2D eigenvalue weighted by Gasteiger charge is -2.13. The number of rotatable bonds is 5. The molecule has 1 N–H and O–H groups in total. The number of carbonyl (C=O) groups is 2. The lowest BCUT2D eigenvalue weighted by Crippen LogP contribution is -2.31. The summed E-state index contributed by atoms with van der Waals surface area (Å²) in [5, 5.41) is 11.5. The molecule has 2 aromatic rings. The van der Waals surface area contributed by atoms with Crippen molar-refractivity contribution in [1.82, 2.24) is 15.1 Å². The van der Waals surface area contributed by atoms with Gasteiger partial charge in [-0.2, -0.15) is 0 Å². The lowest BCUT2D eigenvalue weighted by atomic mass is 10.2. The number of halogens is 1. The summed E-state index contributed by atoms with van der Waals surface area (Å²) in [5.74, 6) is -0.868. The Morgan fingerprint density at radius 3 is 2.73 bits per heavy atom. The molecule has 0 unspecified atom stereocenters. The number of nitrogens with zero attached hydrogens (tertiary/aromatic N) is 3. The van der Waals surface area contributed by atoms with Crippen molar-refractivity contribution in [3.63, 3.8) is 0 Å². The van der Waals surface area contributed by atoms with Crippen LogP contribution in [0.4, 0.5) is 9.52 Å². The molecule has 0 radical (unpaired) electrons. The predicted molar refractivity (Wildman–Crippen MR) is 104 cm³/mol. The second kappa shape index (κ2) is 8.02. The Bertz CT molecular complexity index is 895. The van der Waals surface area contributed by atoms with Crippen molar-refractivity contribution in [3.05, 3.63) is 45.6 Å². The van der Waals surface area contributed by atoms with E-state index in [1.807, 2.05) is 0 Å². The van der Waals surface area contributed by atoms with Crippen molar-refractivity contribution >= 4 is 62.7 Å². The summed E-state index contributed by atoms with van der Waals surface area (Å²) in [5.41, 5.74) is 0.705. The van der Waals surface area contributed by atoms with E-state index in [-0.39, 0.29) is 30.6 Å². The average Bonchev–Trinajstić information content (AvgIpc) is 3.11. The van der Waals surface area contributed by atoms with E-state index in [9.17, 15) is 14.0 Å². The Morgan fingerprint density at radius 2 is 2.08 bits per heavy atom. The molecule has 3 rings (SSSR count). The second-order valence-corrected chi connectivity index (χ2v) is 8.17. The topological polar surface area (TPSA) is 75.2 Å². The lowest BCUT2D eigenvalue weighted by molar-refractivity contribution is -0.122. The van der Waals surface area contributed by atoms with Gasteiger partial charge in [0, 0.05) is 13.0 Å². The fourth-order valence-corrected chi connectivity index (χ4v) is 4.06. The molecule has 10 heteroatoms. The maximum Gasteiger partial charge on any atom is 0.266 e. The molecule has 2 heterocycles. The average molecular weight is 409 g/mol. The van der Waals surface area contributed by atoms with Crippen LogP contribution < -0.4 is 5.32 Å². The van der Waals surface area contributed by atoms with Crippen LogP contribution in [0.25, 0.3) is 6.08 Å². The number of amides is 2. The Kier molecular flexibility index (Phi) is 5.74. The van der Waals surface area contributed by atoms with Gasteiger partial charge in [-0.05, 0) is 30.7 Å². The molecular formula is C16H13FN4O2S3. The van der Waals surface area contributed by atoms with E-state index in [1.54, 1.807) is 25.1 Å². The number of aryl methyl sites for hydroxylation is 1. The number of benzene rings is 1. The number of carbonyl (C=O) groups excluding carboxylic acids is 2. The van der Waals surface area contributed by atoms with E-state index in [4.69, 9.17) is 12.2 Å². The van der Waals surface area contributed by atoms with Gasteiger partial charge in [0.2, 0.25) is 11.0 Å². The van der Waals surface area contributed by atoms with Gasteiger partial charge in [0.05, 0.1) is 4.91 Å². The van der Waals surface area contributed by atoms with Crippen LogP contribution in [0, 0.1) is 12.7 Å². The quantitative estimate of drug-likeness (QED) is 0.605. The predicted octanol–water partition coefficient (Wildman–Crippen LogP) is 3.22. The highest BCUT2D eigenvalue weighted by molar-refractivity contribution is 8.26. The Morgan fingerprint density at radius 1 is 1.35 bits per heavy atom. The molecule has 0 spiro atoms. The number of hydrogen-bond acceptors (Lipinski definition) is 7. The summed E-state index contributed by atoms with van der Waals surface area (Å²) in [7, 11) is 0.